The Bertz CT molecular complexity index is 573. The van der Waals surface area contributed by atoms with E-state index < -0.39 is 0 Å². The quantitative estimate of drug-likeness (QED) is 0.760. The number of methoxy groups -OCH3 is 2. The van der Waals surface area contributed by atoms with Crippen molar-refractivity contribution in [1.82, 2.24) is 0 Å². The Morgan fingerprint density at radius 1 is 1.00 bits per heavy atom. The Morgan fingerprint density at radius 2 is 1.76 bits per heavy atom. The molecule has 0 saturated carbocycles. The molecule has 0 aliphatic carbocycles. The third-order valence-corrected chi connectivity index (χ3v) is 2.78. The second-order valence-corrected chi connectivity index (χ2v) is 3.78. The molecule has 0 N–H and O–H groups in total. The standard InChI is InChI=1S/C14H14O3/c1-9(15)11-6-7-14(17-3)13-8-10(16-2)4-5-12(11)13/h4-8H,1-3H3. The summed E-state index contributed by atoms with van der Waals surface area (Å²) in [5.41, 5.74) is 0.698. The van der Waals surface area contributed by atoms with Crippen LogP contribution in [0.4, 0.5) is 0 Å². The van der Waals surface area contributed by atoms with Gasteiger partial charge in [-0.2, -0.15) is 0 Å². The van der Waals surface area contributed by atoms with Crippen LogP contribution in [0.2, 0.25) is 0 Å². The Labute approximate surface area is 100.0 Å². The van der Waals surface area contributed by atoms with Crippen molar-refractivity contribution in [3.05, 3.63) is 35.9 Å². The molecule has 0 heterocycles. The van der Waals surface area contributed by atoms with E-state index >= 15 is 0 Å². The molecule has 2 aromatic rings. The molecule has 2 rings (SSSR count). The minimum absolute atomic E-state index is 0.0443. The monoisotopic (exact) mass is 230 g/mol. The molecule has 0 atom stereocenters. The predicted molar refractivity (Wildman–Crippen MR) is 67.1 cm³/mol. The Kier molecular flexibility index (Phi) is 3.00. The van der Waals surface area contributed by atoms with Crippen molar-refractivity contribution in [1.29, 1.82) is 0 Å². The van der Waals surface area contributed by atoms with E-state index in [1.54, 1.807) is 33.3 Å². The number of rotatable bonds is 3. The molecule has 0 saturated heterocycles. The second kappa shape index (κ2) is 4.45. The molecule has 2 aromatic carbocycles. The van der Waals surface area contributed by atoms with Crippen LogP contribution in [0.25, 0.3) is 10.8 Å². The first-order chi connectivity index (χ1) is 8.17. The van der Waals surface area contributed by atoms with E-state index in [1.807, 2.05) is 18.2 Å². The lowest BCUT2D eigenvalue weighted by molar-refractivity contribution is 0.101. The first kappa shape index (κ1) is 11.5. The Hall–Kier alpha value is -2.03. The highest BCUT2D eigenvalue weighted by atomic mass is 16.5. The first-order valence-electron chi connectivity index (χ1n) is 5.33. The molecular formula is C14H14O3. The third-order valence-electron chi connectivity index (χ3n) is 2.78. The van der Waals surface area contributed by atoms with Crippen molar-refractivity contribution < 1.29 is 14.3 Å². The maximum Gasteiger partial charge on any atom is 0.160 e. The molecule has 0 fully saturated rings. The van der Waals surface area contributed by atoms with E-state index in [2.05, 4.69) is 0 Å². The van der Waals surface area contributed by atoms with Crippen molar-refractivity contribution in [2.75, 3.05) is 14.2 Å². The van der Waals surface area contributed by atoms with Gasteiger partial charge in [0.25, 0.3) is 0 Å². The van der Waals surface area contributed by atoms with Crippen molar-refractivity contribution in [2.45, 2.75) is 6.92 Å². The van der Waals surface area contributed by atoms with Crippen LogP contribution in [-0.4, -0.2) is 20.0 Å². The van der Waals surface area contributed by atoms with Gasteiger partial charge in [-0.25, -0.2) is 0 Å². The number of ether oxygens (including phenoxy) is 2. The summed E-state index contributed by atoms with van der Waals surface area (Å²) in [6.45, 7) is 1.56. The van der Waals surface area contributed by atoms with Gasteiger partial charge in [0.05, 0.1) is 14.2 Å². The number of benzene rings is 2. The summed E-state index contributed by atoms with van der Waals surface area (Å²) < 4.78 is 10.5. The molecule has 0 spiro atoms. The Balaban J connectivity index is 2.79. The average molecular weight is 230 g/mol. The summed E-state index contributed by atoms with van der Waals surface area (Å²) >= 11 is 0. The minimum Gasteiger partial charge on any atom is -0.497 e. The van der Waals surface area contributed by atoms with Gasteiger partial charge in [-0.1, -0.05) is 0 Å². The molecule has 0 amide bonds. The van der Waals surface area contributed by atoms with Gasteiger partial charge in [0, 0.05) is 10.9 Å². The maximum absolute atomic E-state index is 11.5. The molecule has 0 bridgehead atoms. The van der Waals surface area contributed by atoms with Crippen molar-refractivity contribution >= 4 is 16.6 Å². The van der Waals surface area contributed by atoms with Crippen LogP contribution in [0.15, 0.2) is 30.3 Å². The van der Waals surface area contributed by atoms with Crippen molar-refractivity contribution in [3.8, 4) is 11.5 Å². The number of fused-ring (bicyclic) bond motifs is 1. The van der Waals surface area contributed by atoms with Gasteiger partial charge >= 0.3 is 0 Å². The number of carbonyl (C=O) groups excluding carboxylic acids is 1. The van der Waals surface area contributed by atoms with E-state index in [0.29, 0.717) is 5.56 Å². The zero-order valence-electron chi connectivity index (χ0n) is 10.1. The molecule has 0 aromatic heterocycles. The molecule has 17 heavy (non-hydrogen) atoms. The lowest BCUT2D eigenvalue weighted by Crippen LogP contribution is -1.96. The third kappa shape index (κ3) is 1.96. The van der Waals surface area contributed by atoms with Crippen LogP contribution in [-0.2, 0) is 0 Å². The molecule has 0 aliphatic heterocycles. The molecule has 88 valence electrons. The highest BCUT2D eigenvalue weighted by Gasteiger charge is 2.10. The fourth-order valence-corrected chi connectivity index (χ4v) is 1.91. The van der Waals surface area contributed by atoms with Crippen LogP contribution in [0.3, 0.4) is 0 Å². The Morgan fingerprint density at radius 3 is 2.35 bits per heavy atom. The smallest absolute Gasteiger partial charge is 0.160 e. The first-order valence-corrected chi connectivity index (χ1v) is 5.33. The summed E-state index contributed by atoms with van der Waals surface area (Å²) in [5, 5.41) is 1.78. The molecule has 3 nitrogen and oxygen atoms in total. The van der Waals surface area contributed by atoms with Gasteiger partial charge in [-0.15, -0.1) is 0 Å². The number of Topliss-reactive ketones (excluding diaryl/α,β-unsaturated/α-hetero) is 1. The molecule has 0 radical (unpaired) electrons. The van der Waals surface area contributed by atoms with Gasteiger partial charge < -0.3 is 9.47 Å². The fourth-order valence-electron chi connectivity index (χ4n) is 1.91. The van der Waals surface area contributed by atoms with Gasteiger partial charge in [0.2, 0.25) is 0 Å². The number of carbonyl (C=O) groups is 1. The second-order valence-electron chi connectivity index (χ2n) is 3.78. The molecule has 0 unspecified atom stereocenters. The van der Waals surface area contributed by atoms with Gasteiger partial charge in [0.1, 0.15) is 11.5 Å². The van der Waals surface area contributed by atoms with Gasteiger partial charge in [-0.05, 0) is 42.6 Å². The van der Waals surface area contributed by atoms with Gasteiger partial charge in [-0.3, -0.25) is 4.79 Å². The maximum atomic E-state index is 11.5. The fraction of sp³-hybridized carbons (Fsp3) is 0.214. The van der Waals surface area contributed by atoms with Crippen LogP contribution in [0, 0.1) is 0 Å². The van der Waals surface area contributed by atoms with E-state index in [4.69, 9.17) is 9.47 Å². The van der Waals surface area contributed by atoms with Crippen LogP contribution in [0.5, 0.6) is 11.5 Å². The highest BCUT2D eigenvalue weighted by molar-refractivity contribution is 6.08. The SMILES string of the molecule is COc1ccc2c(C(C)=O)ccc(OC)c2c1. The van der Waals surface area contributed by atoms with Crippen molar-refractivity contribution in [3.63, 3.8) is 0 Å². The zero-order chi connectivity index (χ0) is 12.4. The number of hydrogen-bond acceptors (Lipinski definition) is 3. The van der Waals surface area contributed by atoms with E-state index in [0.717, 1.165) is 22.3 Å². The number of hydrogen-bond donors (Lipinski definition) is 0. The largest absolute Gasteiger partial charge is 0.497 e. The summed E-state index contributed by atoms with van der Waals surface area (Å²) in [6.07, 6.45) is 0. The highest BCUT2D eigenvalue weighted by Crippen LogP contribution is 2.31. The van der Waals surface area contributed by atoms with Crippen molar-refractivity contribution in [2.24, 2.45) is 0 Å². The summed E-state index contributed by atoms with van der Waals surface area (Å²) in [6, 6.07) is 9.19. The summed E-state index contributed by atoms with van der Waals surface area (Å²) in [5.74, 6) is 1.53. The van der Waals surface area contributed by atoms with Crippen LogP contribution < -0.4 is 9.47 Å². The average Bonchev–Trinajstić information content (AvgIpc) is 2.36. The summed E-state index contributed by atoms with van der Waals surface area (Å²) in [7, 11) is 3.23. The molecule has 3 heteroatoms. The predicted octanol–water partition coefficient (Wildman–Crippen LogP) is 3.06. The van der Waals surface area contributed by atoms with Crippen LogP contribution in [0.1, 0.15) is 17.3 Å². The van der Waals surface area contributed by atoms with E-state index in [-0.39, 0.29) is 5.78 Å². The van der Waals surface area contributed by atoms with E-state index in [1.165, 1.54) is 0 Å². The topological polar surface area (TPSA) is 35.5 Å². The lowest BCUT2D eigenvalue weighted by Gasteiger charge is -2.10. The normalized spacial score (nSPS) is 10.3. The zero-order valence-corrected chi connectivity index (χ0v) is 10.1. The van der Waals surface area contributed by atoms with E-state index in [9.17, 15) is 4.79 Å². The van der Waals surface area contributed by atoms with Crippen LogP contribution >= 0.6 is 0 Å². The minimum atomic E-state index is 0.0443. The lowest BCUT2D eigenvalue weighted by atomic mass is 10.0. The number of ketones is 1. The van der Waals surface area contributed by atoms with Gasteiger partial charge in [0.15, 0.2) is 5.78 Å². The summed E-state index contributed by atoms with van der Waals surface area (Å²) in [4.78, 5) is 11.5. The molecular weight excluding hydrogens is 216 g/mol. The molecule has 0 aliphatic rings.